The van der Waals surface area contributed by atoms with Crippen LogP contribution in [0.25, 0.3) is 0 Å². The van der Waals surface area contributed by atoms with E-state index < -0.39 is 0 Å². The number of hydrogen-bond donors (Lipinski definition) is 3. The van der Waals surface area contributed by atoms with Crippen LogP contribution in [0.4, 0.5) is 5.69 Å². The SMILES string of the molecule is CN=C(NCCc1ccc(OC)cc1O)NC1CCN(c2cc(Cl)ccc2OC)C1.I. The van der Waals surface area contributed by atoms with E-state index in [9.17, 15) is 5.11 Å². The Kier molecular flexibility index (Phi) is 9.83. The van der Waals surface area contributed by atoms with Gasteiger partial charge in [0.2, 0.25) is 0 Å². The van der Waals surface area contributed by atoms with Gasteiger partial charge in [0.25, 0.3) is 0 Å². The molecule has 0 aliphatic carbocycles. The smallest absolute Gasteiger partial charge is 0.191 e. The molecular weight excluding hydrogens is 531 g/mol. The van der Waals surface area contributed by atoms with Gasteiger partial charge in [0, 0.05) is 43.8 Å². The molecular formula is C22H30ClIN4O3. The van der Waals surface area contributed by atoms with E-state index >= 15 is 0 Å². The Morgan fingerprint density at radius 2 is 2.03 bits per heavy atom. The molecule has 1 atom stereocenters. The number of phenols is 1. The molecule has 0 radical (unpaired) electrons. The fourth-order valence-corrected chi connectivity index (χ4v) is 3.76. The van der Waals surface area contributed by atoms with E-state index in [-0.39, 0.29) is 35.8 Å². The first-order chi connectivity index (χ1) is 14.5. The van der Waals surface area contributed by atoms with Gasteiger partial charge in [0.15, 0.2) is 5.96 Å². The quantitative estimate of drug-likeness (QED) is 0.273. The lowest BCUT2D eigenvalue weighted by molar-refractivity contribution is 0.406. The molecule has 0 saturated carbocycles. The van der Waals surface area contributed by atoms with Crippen molar-refractivity contribution in [1.29, 1.82) is 0 Å². The van der Waals surface area contributed by atoms with Crippen molar-refractivity contribution in [1.82, 2.24) is 10.6 Å². The number of rotatable bonds is 7. The summed E-state index contributed by atoms with van der Waals surface area (Å²) in [4.78, 5) is 6.59. The van der Waals surface area contributed by atoms with Crippen LogP contribution in [0, 0.1) is 0 Å². The van der Waals surface area contributed by atoms with Gasteiger partial charge in [-0.3, -0.25) is 4.99 Å². The number of halogens is 2. The van der Waals surface area contributed by atoms with Gasteiger partial charge < -0.3 is 30.1 Å². The van der Waals surface area contributed by atoms with Crippen LogP contribution in [-0.2, 0) is 6.42 Å². The van der Waals surface area contributed by atoms with Gasteiger partial charge in [-0.05, 0) is 42.7 Å². The van der Waals surface area contributed by atoms with Gasteiger partial charge in [-0.2, -0.15) is 0 Å². The van der Waals surface area contributed by atoms with Crippen LogP contribution >= 0.6 is 35.6 Å². The van der Waals surface area contributed by atoms with E-state index in [1.165, 1.54) is 0 Å². The third-order valence-corrected chi connectivity index (χ3v) is 5.45. The summed E-state index contributed by atoms with van der Waals surface area (Å²) in [7, 11) is 5.01. The second-order valence-corrected chi connectivity index (χ2v) is 7.57. The van der Waals surface area contributed by atoms with E-state index in [0.29, 0.717) is 23.7 Å². The molecule has 1 fully saturated rings. The molecule has 9 heteroatoms. The Balaban J connectivity index is 0.00000341. The number of anilines is 1. The predicted molar refractivity (Wildman–Crippen MR) is 137 cm³/mol. The summed E-state index contributed by atoms with van der Waals surface area (Å²) in [6, 6.07) is 11.3. The van der Waals surface area contributed by atoms with Gasteiger partial charge >= 0.3 is 0 Å². The summed E-state index contributed by atoms with van der Waals surface area (Å²) < 4.78 is 10.6. The summed E-state index contributed by atoms with van der Waals surface area (Å²) in [5, 5.41) is 17.6. The van der Waals surface area contributed by atoms with Crippen LogP contribution in [-0.4, -0.2) is 58.0 Å². The molecule has 2 aromatic rings. The first kappa shape index (κ1) is 25.2. The van der Waals surface area contributed by atoms with Crippen LogP contribution in [0.1, 0.15) is 12.0 Å². The van der Waals surface area contributed by atoms with Crippen molar-refractivity contribution in [3.8, 4) is 17.2 Å². The third-order valence-electron chi connectivity index (χ3n) is 5.21. The summed E-state index contributed by atoms with van der Waals surface area (Å²) in [5.74, 6) is 2.44. The summed E-state index contributed by atoms with van der Waals surface area (Å²) in [5.41, 5.74) is 1.87. The molecule has 2 aromatic carbocycles. The molecule has 1 saturated heterocycles. The van der Waals surface area contributed by atoms with Crippen LogP contribution in [0.2, 0.25) is 5.02 Å². The maximum atomic E-state index is 10.1. The zero-order valence-corrected chi connectivity index (χ0v) is 21.1. The molecule has 31 heavy (non-hydrogen) atoms. The number of hydrogen-bond acceptors (Lipinski definition) is 5. The van der Waals surface area contributed by atoms with Crippen molar-refractivity contribution in [3.05, 3.63) is 47.0 Å². The molecule has 1 unspecified atom stereocenters. The summed E-state index contributed by atoms with van der Waals surface area (Å²) >= 11 is 6.18. The minimum atomic E-state index is 0. The molecule has 3 rings (SSSR count). The van der Waals surface area contributed by atoms with Crippen molar-refractivity contribution in [2.75, 3.05) is 45.8 Å². The third kappa shape index (κ3) is 6.70. The van der Waals surface area contributed by atoms with E-state index in [4.69, 9.17) is 21.1 Å². The number of methoxy groups -OCH3 is 2. The lowest BCUT2D eigenvalue weighted by Gasteiger charge is -2.22. The normalized spacial score (nSPS) is 15.9. The van der Waals surface area contributed by atoms with Gasteiger partial charge in [-0.1, -0.05) is 17.7 Å². The molecule has 0 bridgehead atoms. The zero-order chi connectivity index (χ0) is 21.5. The van der Waals surface area contributed by atoms with E-state index in [1.54, 1.807) is 27.3 Å². The number of aromatic hydroxyl groups is 1. The van der Waals surface area contributed by atoms with E-state index in [0.717, 1.165) is 42.5 Å². The fourth-order valence-electron chi connectivity index (χ4n) is 3.59. The number of aliphatic imine (C=N–C) groups is 1. The highest BCUT2D eigenvalue weighted by atomic mass is 127. The Bertz CT molecular complexity index is 897. The van der Waals surface area contributed by atoms with Gasteiger partial charge in [-0.25, -0.2) is 0 Å². The molecule has 170 valence electrons. The number of benzene rings is 2. The molecule has 7 nitrogen and oxygen atoms in total. The molecule has 0 spiro atoms. The Labute approximate surface area is 205 Å². The first-order valence-corrected chi connectivity index (χ1v) is 10.3. The maximum Gasteiger partial charge on any atom is 0.191 e. The van der Waals surface area contributed by atoms with Gasteiger partial charge in [-0.15, -0.1) is 24.0 Å². The van der Waals surface area contributed by atoms with Crippen LogP contribution in [0.3, 0.4) is 0 Å². The van der Waals surface area contributed by atoms with Crippen molar-refractivity contribution in [2.45, 2.75) is 18.9 Å². The van der Waals surface area contributed by atoms with E-state index in [1.807, 2.05) is 30.3 Å². The van der Waals surface area contributed by atoms with Crippen LogP contribution in [0.15, 0.2) is 41.4 Å². The monoisotopic (exact) mass is 560 g/mol. The number of nitrogens with zero attached hydrogens (tertiary/aromatic N) is 2. The van der Waals surface area contributed by atoms with Crippen molar-refractivity contribution in [2.24, 2.45) is 4.99 Å². The minimum Gasteiger partial charge on any atom is -0.508 e. The maximum absolute atomic E-state index is 10.1. The van der Waals surface area contributed by atoms with Crippen molar-refractivity contribution < 1.29 is 14.6 Å². The average Bonchev–Trinajstić information content (AvgIpc) is 3.22. The molecule has 0 amide bonds. The van der Waals surface area contributed by atoms with Crippen LogP contribution in [0.5, 0.6) is 17.2 Å². The number of phenolic OH excluding ortho intramolecular Hbond substituents is 1. The highest BCUT2D eigenvalue weighted by Gasteiger charge is 2.25. The minimum absolute atomic E-state index is 0. The number of guanidine groups is 1. The fraction of sp³-hybridized carbons (Fsp3) is 0.409. The molecule has 3 N–H and O–H groups in total. The zero-order valence-electron chi connectivity index (χ0n) is 18.0. The first-order valence-electron chi connectivity index (χ1n) is 9.95. The van der Waals surface area contributed by atoms with Crippen LogP contribution < -0.4 is 25.0 Å². The lowest BCUT2D eigenvalue weighted by atomic mass is 10.1. The molecule has 1 heterocycles. The Morgan fingerprint density at radius 3 is 2.71 bits per heavy atom. The topological polar surface area (TPSA) is 78.4 Å². The molecule has 1 aliphatic rings. The highest BCUT2D eigenvalue weighted by Crippen LogP contribution is 2.33. The lowest BCUT2D eigenvalue weighted by Crippen LogP contribution is -2.45. The van der Waals surface area contributed by atoms with Gasteiger partial charge in [0.05, 0.1) is 19.9 Å². The number of ether oxygens (including phenoxy) is 2. The van der Waals surface area contributed by atoms with Gasteiger partial charge in [0.1, 0.15) is 17.2 Å². The molecule has 0 aromatic heterocycles. The van der Waals surface area contributed by atoms with Crippen molar-refractivity contribution in [3.63, 3.8) is 0 Å². The number of nitrogens with one attached hydrogen (secondary N) is 2. The summed E-state index contributed by atoms with van der Waals surface area (Å²) in [6.45, 7) is 2.39. The largest absolute Gasteiger partial charge is 0.508 e. The second-order valence-electron chi connectivity index (χ2n) is 7.14. The second kappa shape index (κ2) is 12.1. The Hall–Kier alpha value is -2.07. The Morgan fingerprint density at radius 1 is 1.23 bits per heavy atom. The predicted octanol–water partition coefficient (Wildman–Crippen LogP) is 3.67. The highest BCUT2D eigenvalue weighted by molar-refractivity contribution is 14.0. The van der Waals surface area contributed by atoms with Crippen molar-refractivity contribution >= 4 is 47.2 Å². The summed E-state index contributed by atoms with van der Waals surface area (Å²) in [6.07, 6.45) is 1.66. The average molecular weight is 561 g/mol. The molecule has 1 aliphatic heterocycles. The standard InChI is InChI=1S/C22H29ClN4O3.HI/c1-24-22(25-10-8-15-4-6-18(29-2)13-20(15)28)26-17-9-11-27(14-17)19-12-16(23)5-7-21(19)30-3;/h4-7,12-13,17,28H,8-11,14H2,1-3H3,(H2,24,25,26);1H. The van der Waals surface area contributed by atoms with E-state index in [2.05, 4.69) is 20.5 Å².